The van der Waals surface area contributed by atoms with Crippen LogP contribution >= 0.6 is 0 Å². The van der Waals surface area contributed by atoms with Crippen molar-refractivity contribution < 1.29 is 40.7 Å². The number of rotatable bonds is 8. The fourth-order valence-electron chi connectivity index (χ4n) is 4.88. The number of amides is 3. The molecule has 15 heteroatoms. The number of piperazine rings is 1. The van der Waals surface area contributed by atoms with E-state index in [4.69, 9.17) is 4.74 Å². The molecule has 1 aromatic heterocycles. The number of hydrogen-bond donors (Lipinski definition) is 2. The van der Waals surface area contributed by atoms with Gasteiger partial charge in [-0.2, -0.15) is 17.5 Å². The summed E-state index contributed by atoms with van der Waals surface area (Å²) in [5.41, 5.74) is 0.224. The van der Waals surface area contributed by atoms with Gasteiger partial charge >= 0.3 is 18.2 Å². The number of alkyl halides is 3. The minimum atomic E-state index is -4.67. The molecular weight excluding hydrogens is 651 g/mol. The minimum Gasteiger partial charge on any atom is -0.455 e. The van der Waals surface area contributed by atoms with E-state index in [0.29, 0.717) is 18.1 Å². The van der Waals surface area contributed by atoms with E-state index >= 15 is 0 Å². The standard InChI is InChI=1S/C33H38F3N5O6S/c1-21(2)23-8-6-22(7-9-23)19-38-29(42)28-20-40(31(44)39-25-14-15-37-27(18-25)30(43)47-32(3,4)5)16-17-41(28)48(45,46)26-12-10-24(11-13-26)33(34,35)36/h6-15,18,21,28H,16-17,19-20H2,1-5H3,(H,38,42)(H,37,39,44)/t28-/m1/s1. The van der Waals surface area contributed by atoms with Crippen LogP contribution in [-0.2, 0) is 32.3 Å². The number of urea groups is 1. The number of carbonyl (C=O) groups excluding carboxylic acids is 3. The molecule has 2 N–H and O–H groups in total. The molecule has 1 fully saturated rings. The number of carbonyl (C=O) groups is 3. The number of ether oxygens (including phenoxy) is 1. The fraction of sp³-hybridized carbons (Fsp3) is 0.394. The molecule has 48 heavy (non-hydrogen) atoms. The highest BCUT2D eigenvalue weighted by Gasteiger charge is 2.42. The van der Waals surface area contributed by atoms with Gasteiger partial charge in [0.1, 0.15) is 17.3 Å². The first-order valence-corrected chi connectivity index (χ1v) is 16.6. The monoisotopic (exact) mass is 689 g/mol. The second kappa shape index (κ2) is 14.3. The van der Waals surface area contributed by atoms with Crippen molar-refractivity contribution in [1.82, 2.24) is 19.5 Å². The zero-order chi connectivity index (χ0) is 35.4. The maximum Gasteiger partial charge on any atom is 0.416 e. The van der Waals surface area contributed by atoms with Crippen molar-refractivity contribution in [2.24, 2.45) is 0 Å². The van der Waals surface area contributed by atoms with Crippen LogP contribution < -0.4 is 10.6 Å². The summed E-state index contributed by atoms with van der Waals surface area (Å²) in [6, 6.07) is 11.2. The third-order valence-electron chi connectivity index (χ3n) is 7.44. The van der Waals surface area contributed by atoms with Crippen molar-refractivity contribution in [2.75, 3.05) is 25.0 Å². The molecule has 1 aliphatic heterocycles. The minimum absolute atomic E-state index is 0.0474. The summed E-state index contributed by atoms with van der Waals surface area (Å²) >= 11 is 0. The molecule has 258 valence electrons. The topological polar surface area (TPSA) is 138 Å². The zero-order valence-electron chi connectivity index (χ0n) is 27.2. The summed E-state index contributed by atoms with van der Waals surface area (Å²) < 4.78 is 73.1. The van der Waals surface area contributed by atoms with Crippen LogP contribution in [0, 0.1) is 0 Å². The molecule has 0 spiro atoms. The van der Waals surface area contributed by atoms with Crippen molar-refractivity contribution in [3.63, 3.8) is 0 Å². The van der Waals surface area contributed by atoms with Gasteiger partial charge in [0.25, 0.3) is 0 Å². The van der Waals surface area contributed by atoms with Gasteiger partial charge in [-0.05, 0) is 74.2 Å². The molecule has 3 aromatic rings. The van der Waals surface area contributed by atoms with E-state index in [1.807, 2.05) is 38.1 Å². The Morgan fingerprint density at radius 2 is 1.62 bits per heavy atom. The van der Waals surface area contributed by atoms with Crippen LogP contribution in [0.4, 0.5) is 23.7 Å². The molecular formula is C33H38F3N5O6S. The second-order valence-corrected chi connectivity index (χ2v) is 14.5. The van der Waals surface area contributed by atoms with Crippen LogP contribution in [0.5, 0.6) is 0 Å². The largest absolute Gasteiger partial charge is 0.455 e. The Balaban J connectivity index is 1.56. The number of pyridine rings is 1. The summed E-state index contributed by atoms with van der Waals surface area (Å²) in [4.78, 5) is 44.2. The van der Waals surface area contributed by atoms with Crippen molar-refractivity contribution in [2.45, 2.75) is 69.8 Å². The Morgan fingerprint density at radius 1 is 0.979 bits per heavy atom. The molecule has 0 radical (unpaired) electrons. The van der Waals surface area contributed by atoms with Crippen LogP contribution in [0.3, 0.4) is 0 Å². The SMILES string of the molecule is CC(C)c1ccc(CNC(=O)[C@H]2CN(C(=O)Nc3ccnc(C(=O)OC(C)(C)C)c3)CCN2S(=O)(=O)c2ccc(C(F)(F)F)cc2)cc1. The Hall–Kier alpha value is -4.50. The predicted molar refractivity (Wildman–Crippen MR) is 171 cm³/mol. The first-order valence-electron chi connectivity index (χ1n) is 15.2. The average molecular weight is 690 g/mol. The molecule has 3 amide bonds. The summed E-state index contributed by atoms with van der Waals surface area (Å²) in [6.07, 6.45) is -3.35. The Kier molecular flexibility index (Phi) is 10.8. The van der Waals surface area contributed by atoms with Gasteiger partial charge in [0.05, 0.1) is 10.5 Å². The maximum atomic E-state index is 13.7. The lowest BCUT2D eigenvalue weighted by atomic mass is 10.0. The predicted octanol–water partition coefficient (Wildman–Crippen LogP) is 5.40. The molecule has 0 bridgehead atoms. The highest BCUT2D eigenvalue weighted by molar-refractivity contribution is 7.89. The quantitative estimate of drug-likeness (QED) is 0.302. The molecule has 1 atom stereocenters. The van der Waals surface area contributed by atoms with E-state index < -0.39 is 56.2 Å². The van der Waals surface area contributed by atoms with Crippen LogP contribution in [0.1, 0.15) is 67.7 Å². The van der Waals surface area contributed by atoms with Crippen LogP contribution in [0.15, 0.2) is 71.8 Å². The van der Waals surface area contributed by atoms with Gasteiger partial charge in [-0.25, -0.2) is 23.0 Å². The molecule has 2 heterocycles. The molecule has 1 saturated heterocycles. The van der Waals surface area contributed by atoms with E-state index in [1.54, 1.807) is 20.8 Å². The second-order valence-electron chi connectivity index (χ2n) is 12.6. The van der Waals surface area contributed by atoms with Crippen LogP contribution in [0.25, 0.3) is 0 Å². The number of hydrogen-bond acceptors (Lipinski definition) is 7. The molecule has 2 aromatic carbocycles. The summed E-state index contributed by atoms with van der Waals surface area (Å²) in [5.74, 6) is -1.10. The Bertz CT molecular complexity index is 1740. The van der Waals surface area contributed by atoms with Crippen LogP contribution in [-0.4, -0.2) is 71.8 Å². The molecule has 4 rings (SSSR count). The Labute approximate surface area is 277 Å². The summed E-state index contributed by atoms with van der Waals surface area (Å²) in [7, 11) is -4.47. The normalized spacial score (nSPS) is 16.0. The molecule has 0 unspecified atom stereocenters. The highest BCUT2D eigenvalue weighted by Crippen LogP contribution is 2.31. The van der Waals surface area contributed by atoms with Crippen molar-refractivity contribution >= 4 is 33.6 Å². The van der Waals surface area contributed by atoms with Gasteiger partial charge in [0.2, 0.25) is 15.9 Å². The molecule has 1 aliphatic rings. The number of aromatic nitrogens is 1. The number of anilines is 1. The van der Waals surface area contributed by atoms with Gasteiger partial charge in [-0.15, -0.1) is 0 Å². The number of esters is 1. The zero-order valence-corrected chi connectivity index (χ0v) is 28.0. The summed E-state index contributed by atoms with van der Waals surface area (Å²) in [5, 5.41) is 5.38. The van der Waals surface area contributed by atoms with E-state index in [-0.39, 0.29) is 37.6 Å². The molecule has 11 nitrogen and oxygen atoms in total. The van der Waals surface area contributed by atoms with E-state index in [0.717, 1.165) is 27.6 Å². The van der Waals surface area contributed by atoms with Crippen molar-refractivity contribution in [3.05, 3.63) is 89.2 Å². The number of benzene rings is 2. The lowest BCUT2D eigenvalue weighted by Gasteiger charge is -2.39. The van der Waals surface area contributed by atoms with Gasteiger partial charge < -0.3 is 20.3 Å². The van der Waals surface area contributed by atoms with Gasteiger partial charge in [0.15, 0.2) is 0 Å². The number of sulfonamides is 1. The van der Waals surface area contributed by atoms with E-state index in [1.165, 1.54) is 23.2 Å². The van der Waals surface area contributed by atoms with Crippen LogP contribution in [0.2, 0.25) is 0 Å². The highest BCUT2D eigenvalue weighted by atomic mass is 32.2. The maximum absolute atomic E-state index is 13.7. The first-order chi connectivity index (χ1) is 22.3. The Morgan fingerprint density at radius 3 is 2.21 bits per heavy atom. The van der Waals surface area contributed by atoms with Gasteiger partial charge in [-0.1, -0.05) is 38.1 Å². The number of nitrogens with one attached hydrogen (secondary N) is 2. The average Bonchev–Trinajstić information content (AvgIpc) is 3.02. The summed E-state index contributed by atoms with van der Waals surface area (Å²) in [6.45, 7) is 8.42. The van der Waals surface area contributed by atoms with Crippen molar-refractivity contribution in [3.8, 4) is 0 Å². The lowest BCUT2D eigenvalue weighted by Crippen LogP contribution is -2.61. The van der Waals surface area contributed by atoms with Gasteiger partial charge in [0, 0.05) is 38.1 Å². The van der Waals surface area contributed by atoms with Crippen molar-refractivity contribution in [1.29, 1.82) is 0 Å². The molecule has 0 aliphatic carbocycles. The van der Waals surface area contributed by atoms with E-state index in [2.05, 4.69) is 15.6 Å². The smallest absolute Gasteiger partial charge is 0.416 e. The van der Waals surface area contributed by atoms with E-state index in [9.17, 15) is 36.0 Å². The lowest BCUT2D eigenvalue weighted by molar-refractivity contribution is -0.137. The molecule has 0 saturated carbocycles. The first kappa shape index (κ1) is 36.3. The third kappa shape index (κ3) is 9.10. The fourth-order valence-corrected chi connectivity index (χ4v) is 6.45. The third-order valence-corrected chi connectivity index (χ3v) is 9.36. The number of halogens is 3. The van der Waals surface area contributed by atoms with Gasteiger partial charge in [-0.3, -0.25) is 4.79 Å². The number of nitrogens with zero attached hydrogens (tertiary/aromatic N) is 3.